The first kappa shape index (κ1) is 22.1. The van der Waals surface area contributed by atoms with Crippen LogP contribution in [0.25, 0.3) is 5.57 Å². The van der Waals surface area contributed by atoms with Crippen molar-refractivity contribution < 1.29 is 14.3 Å². The number of ether oxygens (including phenoxy) is 1. The summed E-state index contributed by atoms with van der Waals surface area (Å²) in [6.45, 7) is 8.60. The van der Waals surface area contributed by atoms with Crippen LogP contribution in [-0.2, 0) is 14.3 Å². The summed E-state index contributed by atoms with van der Waals surface area (Å²) < 4.78 is 5.55. The van der Waals surface area contributed by atoms with Crippen LogP contribution in [0.15, 0.2) is 48.2 Å². The van der Waals surface area contributed by atoms with Gasteiger partial charge in [-0.25, -0.2) is 0 Å². The summed E-state index contributed by atoms with van der Waals surface area (Å²) in [5, 5.41) is 3.74. The zero-order chi connectivity index (χ0) is 21.8. The molecule has 2 aromatic carbocycles. The van der Waals surface area contributed by atoms with Gasteiger partial charge < -0.3 is 10.1 Å². The number of hydrogen-bond donors (Lipinski definition) is 1. The molecule has 0 fully saturated rings. The third-order valence-electron chi connectivity index (χ3n) is 4.93. The molecule has 0 aromatic heterocycles. The molecule has 1 heterocycles. The van der Waals surface area contributed by atoms with E-state index in [1.54, 1.807) is 6.07 Å². The Hall–Kier alpha value is -2.63. The van der Waals surface area contributed by atoms with E-state index in [-0.39, 0.29) is 23.6 Å². The zero-order valence-corrected chi connectivity index (χ0v) is 18.5. The number of aryl methyl sites for hydroxylation is 2. The summed E-state index contributed by atoms with van der Waals surface area (Å²) in [5.74, 6) is -0.633. The zero-order valence-electron chi connectivity index (χ0n) is 17.8. The number of nitrogens with one attached hydrogen (secondary N) is 1. The van der Waals surface area contributed by atoms with Crippen LogP contribution in [0.3, 0.4) is 0 Å². The van der Waals surface area contributed by atoms with E-state index in [4.69, 9.17) is 16.3 Å². The molecule has 30 heavy (non-hydrogen) atoms. The monoisotopic (exact) mass is 426 g/mol. The lowest BCUT2D eigenvalue weighted by Crippen LogP contribution is -2.34. The van der Waals surface area contributed by atoms with Crippen molar-refractivity contribution in [2.75, 3.05) is 18.5 Å². The van der Waals surface area contributed by atoms with E-state index in [9.17, 15) is 9.59 Å². The number of rotatable bonds is 8. The predicted octanol–water partition coefficient (Wildman–Crippen LogP) is 4.96. The smallest absolute Gasteiger partial charge is 0.278 e. The molecule has 1 aliphatic rings. The van der Waals surface area contributed by atoms with Gasteiger partial charge in [-0.15, -0.1) is 0 Å². The highest BCUT2D eigenvalue weighted by molar-refractivity contribution is 6.36. The maximum atomic E-state index is 13.2. The maximum Gasteiger partial charge on any atom is 0.278 e. The highest BCUT2D eigenvalue weighted by atomic mass is 35.5. The molecular formula is C24H27ClN2O3. The minimum atomic E-state index is -0.336. The average molecular weight is 427 g/mol. The fourth-order valence-corrected chi connectivity index (χ4v) is 3.42. The van der Waals surface area contributed by atoms with E-state index in [0.29, 0.717) is 41.4 Å². The molecule has 6 heteroatoms. The van der Waals surface area contributed by atoms with Crippen LogP contribution in [0.1, 0.15) is 37.0 Å². The Labute approximate surface area is 182 Å². The van der Waals surface area contributed by atoms with Gasteiger partial charge in [-0.05, 0) is 57.4 Å². The van der Waals surface area contributed by atoms with Gasteiger partial charge in [-0.3, -0.25) is 14.5 Å². The number of imide groups is 1. The van der Waals surface area contributed by atoms with Crippen LogP contribution < -0.4 is 5.32 Å². The first-order valence-electron chi connectivity index (χ1n) is 10.1. The van der Waals surface area contributed by atoms with Gasteiger partial charge in [0, 0.05) is 23.9 Å². The van der Waals surface area contributed by atoms with Crippen molar-refractivity contribution in [2.45, 2.75) is 40.2 Å². The fourth-order valence-electron chi connectivity index (χ4n) is 3.24. The summed E-state index contributed by atoms with van der Waals surface area (Å²) in [6.07, 6.45) is 0.695. The van der Waals surface area contributed by atoms with Crippen LogP contribution in [-0.4, -0.2) is 36.0 Å². The van der Waals surface area contributed by atoms with E-state index in [1.165, 1.54) is 4.90 Å². The lowest BCUT2D eigenvalue weighted by atomic mass is 10.0. The summed E-state index contributed by atoms with van der Waals surface area (Å²) in [7, 11) is 0. The SMILES string of the molecule is Cc1ccc(C2=C(Nc3ccc(C)c(Cl)c3)C(=O)N(CCCOC(C)C)C2=O)cc1. The number of halogens is 1. The summed E-state index contributed by atoms with van der Waals surface area (Å²) in [6, 6.07) is 13.1. The van der Waals surface area contributed by atoms with Crippen LogP contribution in [0.5, 0.6) is 0 Å². The van der Waals surface area contributed by atoms with Crippen molar-refractivity contribution in [3.8, 4) is 0 Å². The molecule has 0 unspecified atom stereocenters. The Kier molecular flexibility index (Phi) is 6.95. The largest absolute Gasteiger partial charge is 0.379 e. The van der Waals surface area contributed by atoms with E-state index in [1.807, 2.05) is 64.1 Å². The Morgan fingerprint density at radius 3 is 2.37 bits per heavy atom. The number of hydrogen-bond acceptors (Lipinski definition) is 4. The van der Waals surface area contributed by atoms with Crippen molar-refractivity contribution in [1.29, 1.82) is 0 Å². The van der Waals surface area contributed by atoms with Gasteiger partial charge in [0.1, 0.15) is 5.70 Å². The Bertz CT molecular complexity index is 980. The molecule has 158 valence electrons. The Balaban J connectivity index is 1.91. The van der Waals surface area contributed by atoms with Gasteiger partial charge >= 0.3 is 0 Å². The second kappa shape index (κ2) is 9.45. The van der Waals surface area contributed by atoms with Crippen LogP contribution in [0, 0.1) is 13.8 Å². The third-order valence-corrected chi connectivity index (χ3v) is 5.33. The lowest BCUT2D eigenvalue weighted by Gasteiger charge is -2.16. The van der Waals surface area contributed by atoms with E-state index in [0.717, 1.165) is 11.1 Å². The average Bonchev–Trinajstić information content (AvgIpc) is 2.92. The molecule has 2 amide bonds. The molecule has 5 nitrogen and oxygen atoms in total. The Morgan fingerprint density at radius 2 is 1.73 bits per heavy atom. The minimum Gasteiger partial charge on any atom is -0.379 e. The van der Waals surface area contributed by atoms with Gasteiger partial charge in [0.2, 0.25) is 0 Å². The van der Waals surface area contributed by atoms with Gasteiger partial charge in [-0.2, -0.15) is 0 Å². The summed E-state index contributed by atoms with van der Waals surface area (Å²) >= 11 is 6.24. The number of carbonyl (C=O) groups is 2. The maximum absolute atomic E-state index is 13.2. The Morgan fingerprint density at radius 1 is 1.03 bits per heavy atom. The normalized spacial score (nSPS) is 14.3. The molecule has 0 atom stereocenters. The molecule has 0 radical (unpaired) electrons. The topological polar surface area (TPSA) is 58.6 Å². The van der Waals surface area contributed by atoms with Crippen molar-refractivity contribution in [1.82, 2.24) is 4.90 Å². The van der Waals surface area contributed by atoms with Crippen LogP contribution in [0.2, 0.25) is 5.02 Å². The molecule has 0 aliphatic carbocycles. The van der Waals surface area contributed by atoms with Gasteiger partial charge in [0.25, 0.3) is 11.8 Å². The number of benzene rings is 2. The standard InChI is InChI=1S/C24H27ClN2O3/c1-15(2)30-13-5-12-27-23(28)21(18-9-6-16(3)7-10-18)22(24(27)29)26-19-11-8-17(4)20(25)14-19/h6-11,14-15,26H,5,12-13H2,1-4H3. The molecule has 3 rings (SSSR count). The molecular weight excluding hydrogens is 400 g/mol. The highest BCUT2D eigenvalue weighted by Crippen LogP contribution is 2.31. The lowest BCUT2D eigenvalue weighted by molar-refractivity contribution is -0.137. The molecule has 2 aromatic rings. The van der Waals surface area contributed by atoms with Gasteiger partial charge in [-0.1, -0.05) is 47.5 Å². The van der Waals surface area contributed by atoms with Gasteiger partial charge in [0.15, 0.2) is 0 Å². The third kappa shape index (κ3) is 4.91. The van der Waals surface area contributed by atoms with E-state index < -0.39 is 0 Å². The first-order chi connectivity index (χ1) is 14.3. The van der Waals surface area contributed by atoms with Crippen molar-refractivity contribution in [2.24, 2.45) is 0 Å². The molecule has 1 N–H and O–H groups in total. The molecule has 0 saturated carbocycles. The van der Waals surface area contributed by atoms with Crippen LogP contribution >= 0.6 is 11.6 Å². The number of carbonyl (C=O) groups excluding carboxylic acids is 2. The molecule has 1 aliphatic heterocycles. The highest BCUT2D eigenvalue weighted by Gasteiger charge is 2.38. The molecule has 0 saturated heterocycles. The van der Waals surface area contributed by atoms with Crippen molar-refractivity contribution in [3.63, 3.8) is 0 Å². The number of amides is 2. The second-order valence-electron chi connectivity index (χ2n) is 7.74. The van der Waals surface area contributed by atoms with Gasteiger partial charge in [0.05, 0.1) is 11.7 Å². The number of anilines is 1. The second-order valence-corrected chi connectivity index (χ2v) is 8.15. The fraction of sp³-hybridized carbons (Fsp3) is 0.333. The molecule has 0 bridgehead atoms. The summed E-state index contributed by atoms with van der Waals surface area (Å²) in [4.78, 5) is 27.6. The van der Waals surface area contributed by atoms with Crippen LogP contribution in [0.4, 0.5) is 5.69 Å². The van der Waals surface area contributed by atoms with E-state index in [2.05, 4.69) is 5.32 Å². The number of nitrogens with zero attached hydrogens (tertiary/aromatic N) is 1. The predicted molar refractivity (Wildman–Crippen MR) is 120 cm³/mol. The first-order valence-corrected chi connectivity index (χ1v) is 10.5. The quantitative estimate of drug-likeness (QED) is 0.478. The van der Waals surface area contributed by atoms with Crippen molar-refractivity contribution in [3.05, 3.63) is 69.9 Å². The minimum absolute atomic E-state index is 0.111. The summed E-state index contributed by atoms with van der Waals surface area (Å²) in [5.41, 5.74) is 4.04. The van der Waals surface area contributed by atoms with Crippen molar-refractivity contribution >= 4 is 34.7 Å². The molecule has 0 spiro atoms. The van der Waals surface area contributed by atoms with E-state index >= 15 is 0 Å².